The average Bonchev–Trinajstić information content (AvgIpc) is 2.95. The molecule has 3 rings (SSSR count). The van der Waals surface area contributed by atoms with E-state index in [0.29, 0.717) is 17.9 Å². The molecule has 4 nitrogen and oxygen atoms in total. The van der Waals surface area contributed by atoms with Gasteiger partial charge in [0, 0.05) is 17.9 Å². The van der Waals surface area contributed by atoms with Crippen LogP contribution < -0.4 is 0 Å². The van der Waals surface area contributed by atoms with Crippen LogP contribution in [-0.2, 0) is 19.1 Å². The summed E-state index contributed by atoms with van der Waals surface area (Å²) in [6, 6.07) is 0. The molecule has 0 N–H and O–H groups in total. The van der Waals surface area contributed by atoms with E-state index >= 15 is 0 Å². The van der Waals surface area contributed by atoms with E-state index in [2.05, 4.69) is 20.1 Å². The van der Waals surface area contributed by atoms with Crippen LogP contribution in [0, 0.1) is 23.7 Å². The summed E-state index contributed by atoms with van der Waals surface area (Å²) in [5.41, 5.74) is 2.73. The Morgan fingerprint density at radius 2 is 2.08 bits per heavy atom. The molecule has 130 valence electrons. The van der Waals surface area contributed by atoms with Crippen LogP contribution in [0.1, 0.15) is 40.0 Å². The van der Waals surface area contributed by atoms with Gasteiger partial charge >= 0.3 is 11.9 Å². The Morgan fingerprint density at radius 3 is 2.75 bits per heavy atom. The lowest BCUT2D eigenvalue weighted by Crippen LogP contribution is -2.36. The van der Waals surface area contributed by atoms with Crippen LogP contribution >= 0.6 is 0 Å². The summed E-state index contributed by atoms with van der Waals surface area (Å²) < 4.78 is 11.4. The van der Waals surface area contributed by atoms with Crippen LogP contribution in [0.4, 0.5) is 0 Å². The molecule has 0 aromatic rings. The Balaban J connectivity index is 1.94. The molecule has 24 heavy (non-hydrogen) atoms. The second-order valence-corrected chi connectivity index (χ2v) is 7.71. The van der Waals surface area contributed by atoms with Crippen molar-refractivity contribution in [3.63, 3.8) is 0 Å². The fraction of sp³-hybridized carbons (Fsp3) is 0.600. The van der Waals surface area contributed by atoms with Crippen molar-refractivity contribution in [2.24, 2.45) is 23.7 Å². The second kappa shape index (κ2) is 6.23. The van der Waals surface area contributed by atoms with Gasteiger partial charge in [0.05, 0.1) is 5.92 Å². The minimum Gasteiger partial charge on any atom is -0.458 e. The third-order valence-electron chi connectivity index (χ3n) is 5.51. The first-order chi connectivity index (χ1) is 11.3. The maximum atomic E-state index is 12.2. The molecule has 0 aromatic heterocycles. The molecule has 5 atom stereocenters. The number of fused-ring (bicyclic) bond motifs is 3. The Bertz CT molecular complexity index is 628. The van der Waals surface area contributed by atoms with E-state index in [1.807, 2.05) is 19.9 Å². The lowest BCUT2D eigenvalue weighted by atomic mass is 9.80. The smallest absolute Gasteiger partial charge is 0.334 e. The molecule has 0 bridgehead atoms. The molecule has 3 aliphatic rings. The first kappa shape index (κ1) is 17.0. The topological polar surface area (TPSA) is 52.6 Å². The summed E-state index contributed by atoms with van der Waals surface area (Å²) >= 11 is 0. The summed E-state index contributed by atoms with van der Waals surface area (Å²) in [5.74, 6) is -0.292. The number of esters is 2. The van der Waals surface area contributed by atoms with Crippen LogP contribution in [0.25, 0.3) is 0 Å². The van der Waals surface area contributed by atoms with E-state index in [9.17, 15) is 9.59 Å². The van der Waals surface area contributed by atoms with Crippen LogP contribution in [0.5, 0.6) is 0 Å². The highest BCUT2D eigenvalue weighted by Gasteiger charge is 2.53. The van der Waals surface area contributed by atoms with Crippen molar-refractivity contribution in [1.29, 1.82) is 0 Å². The Labute approximate surface area is 143 Å². The third kappa shape index (κ3) is 2.83. The number of hydrogen-bond donors (Lipinski definition) is 0. The molecule has 4 heteroatoms. The van der Waals surface area contributed by atoms with Gasteiger partial charge in [-0.25, -0.2) is 4.79 Å². The quantitative estimate of drug-likeness (QED) is 0.451. The molecule has 0 radical (unpaired) electrons. The van der Waals surface area contributed by atoms with Gasteiger partial charge in [-0.05, 0) is 37.7 Å². The van der Waals surface area contributed by atoms with Crippen LogP contribution in [0.2, 0.25) is 0 Å². The van der Waals surface area contributed by atoms with Gasteiger partial charge in [0.2, 0.25) is 0 Å². The van der Waals surface area contributed by atoms with E-state index in [4.69, 9.17) is 9.47 Å². The number of hydrogen-bond acceptors (Lipinski definition) is 4. The molecule has 1 saturated carbocycles. The highest BCUT2D eigenvalue weighted by atomic mass is 16.6. The van der Waals surface area contributed by atoms with Crippen molar-refractivity contribution >= 4 is 11.9 Å². The maximum Gasteiger partial charge on any atom is 0.334 e. The van der Waals surface area contributed by atoms with Crippen molar-refractivity contribution in [1.82, 2.24) is 0 Å². The van der Waals surface area contributed by atoms with Crippen LogP contribution in [0.3, 0.4) is 0 Å². The number of rotatable bonds is 3. The van der Waals surface area contributed by atoms with Crippen molar-refractivity contribution in [3.8, 4) is 0 Å². The molecule has 0 unspecified atom stereocenters. The number of carbonyl (C=O) groups is 2. The number of carbonyl (C=O) groups excluding carboxylic acids is 2. The molecular formula is C20H26O4. The lowest BCUT2D eigenvalue weighted by Gasteiger charge is -2.28. The van der Waals surface area contributed by atoms with Crippen molar-refractivity contribution in [3.05, 3.63) is 36.0 Å². The highest BCUT2D eigenvalue weighted by molar-refractivity contribution is 5.91. The Kier molecular flexibility index (Phi) is 4.41. The zero-order valence-electron chi connectivity index (χ0n) is 14.7. The molecule has 1 saturated heterocycles. The molecule has 0 spiro atoms. The monoisotopic (exact) mass is 330 g/mol. The summed E-state index contributed by atoms with van der Waals surface area (Å²) in [6.45, 7) is 14.1. The predicted octanol–water partition coefficient (Wildman–Crippen LogP) is 3.58. The number of ether oxygens (including phenoxy) is 2. The number of allylic oxidation sites excluding steroid dienone is 1. The van der Waals surface area contributed by atoms with Crippen molar-refractivity contribution in [2.75, 3.05) is 0 Å². The summed E-state index contributed by atoms with van der Waals surface area (Å²) in [4.78, 5) is 24.3. The largest absolute Gasteiger partial charge is 0.458 e. The van der Waals surface area contributed by atoms with E-state index in [1.165, 1.54) is 5.57 Å². The first-order valence-corrected chi connectivity index (χ1v) is 8.74. The zero-order valence-corrected chi connectivity index (χ0v) is 14.7. The average molecular weight is 330 g/mol. The van der Waals surface area contributed by atoms with E-state index in [-0.39, 0.29) is 35.8 Å². The standard InChI is InChI=1S/C20H26O4/c1-10(2)8-16(21)23-15-9-12(4)14-7-6-11(3)17(14)19-18(15)13(5)20(22)24-19/h9-10,14-15,17-19H,3,5-8H2,1-2,4H3/t14-,15-,17-,18+,19+/m0/s1. The molecule has 2 fully saturated rings. The first-order valence-electron chi connectivity index (χ1n) is 8.74. The third-order valence-corrected chi connectivity index (χ3v) is 5.51. The highest BCUT2D eigenvalue weighted by Crippen LogP contribution is 2.51. The molecule has 0 aromatic carbocycles. The molecule has 1 heterocycles. The normalized spacial score (nSPS) is 35.2. The van der Waals surface area contributed by atoms with Crippen molar-refractivity contribution < 1.29 is 19.1 Å². The fourth-order valence-electron chi connectivity index (χ4n) is 4.36. The summed E-state index contributed by atoms with van der Waals surface area (Å²) in [7, 11) is 0. The SMILES string of the molecule is C=C1CC[C@H]2C(C)=C[C@H](OC(=O)CC(C)C)[C@H]3C(=C)C(=O)O[C@@H]3[C@@H]12. The van der Waals surface area contributed by atoms with Gasteiger partial charge in [-0.1, -0.05) is 38.2 Å². The van der Waals surface area contributed by atoms with E-state index in [1.54, 1.807) is 0 Å². The zero-order chi connectivity index (χ0) is 17.6. The van der Waals surface area contributed by atoms with Gasteiger partial charge in [0.15, 0.2) is 0 Å². The Hall–Kier alpha value is -1.84. The van der Waals surface area contributed by atoms with Crippen LogP contribution in [-0.4, -0.2) is 24.1 Å². The summed E-state index contributed by atoms with van der Waals surface area (Å²) in [6.07, 6.45) is 3.51. The molecule has 2 aliphatic carbocycles. The second-order valence-electron chi connectivity index (χ2n) is 7.71. The molecule has 1 aliphatic heterocycles. The molecular weight excluding hydrogens is 304 g/mol. The van der Waals surface area contributed by atoms with E-state index < -0.39 is 6.10 Å². The van der Waals surface area contributed by atoms with Gasteiger partial charge in [-0.15, -0.1) is 0 Å². The van der Waals surface area contributed by atoms with Gasteiger partial charge < -0.3 is 9.47 Å². The fourth-order valence-corrected chi connectivity index (χ4v) is 4.36. The maximum absolute atomic E-state index is 12.2. The van der Waals surface area contributed by atoms with Gasteiger partial charge in [-0.2, -0.15) is 0 Å². The van der Waals surface area contributed by atoms with E-state index in [0.717, 1.165) is 18.4 Å². The Morgan fingerprint density at radius 1 is 1.38 bits per heavy atom. The van der Waals surface area contributed by atoms with Gasteiger partial charge in [-0.3, -0.25) is 4.79 Å². The van der Waals surface area contributed by atoms with Crippen molar-refractivity contribution in [2.45, 2.75) is 52.2 Å². The molecule has 0 amide bonds. The predicted molar refractivity (Wildman–Crippen MR) is 91.0 cm³/mol. The van der Waals surface area contributed by atoms with Crippen LogP contribution in [0.15, 0.2) is 36.0 Å². The lowest BCUT2D eigenvalue weighted by molar-refractivity contribution is -0.151. The van der Waals surface area contributed by atoms with Gasteiger partial charge in [0.1, 0.15) is 12.2 Å². The minimum absolute atomic E-state index is 0.100. The van der Waals surface area contributed by atoms with Gasteiger partial charge in [0.25, 0.3) is 0 Å². The summed E-state index contributed by atoms with van der Waals surface area (Å²) in [5, 5.41) is 0. The minimum atomic E-state index is -0.487.